The number of benzene rings is 2. The van der Waals surface area contributed by atoms with Crippen LogP contribution in [0.1, 0.15) is 59.8 Å². The number of pyridine rings is 2. The number of carbonyl (C=O) groups excluding carboxylic acids is 1. The summed E-state index contributed by atoms with van der Waals surface area (Å²) in [5, 5.41) is 0.0767. The van der Waals surface area contributed by atoms with Crippen molar-refractivity contribution in [2.24, 2.45) is 11.8 Å². The molecule has 12 heteroatoms. The first kappa shape index (κ1) is 35.3. The second kappa shape index (κ2) is 14.9. The zero-order valence-electron chi connectivity index (χ0n) is 27.2. The van der Waals surface area contributed by atoms with Gasteiger partial charge in [0.25, 0.3) is 5.91 Å². The zero-order chi connectivity index (χ0) is 33.0. The van der Waals surface area contributed by atoms with Gasteiger partial charge in [-0.1, -0.05) is 51.1 Å². The van der Waals surface area contributed by atoms with Gasteiger partial charge in [0, 0.05) is 26.6 Å². The number of hydrogen-bond donors (Lipinski definition) is 2. The highest BCUT2D eigenvalue weighted by Gasteiger charge is 2.39. The Bertz CT molecular complexity index is 1750. The van der Waals surface area contributed by atoms with Crippen LogP contribution in [0.5, 0.6) is 11.5 Å². The normalized spacial score (nSPS) is 16.0. The molecule has 5 N–H and O–H groups in total. The molecule has 4 aromatic rings. The third-order valence-electron chi connectivity index (χ3n) is 7.67. The Balaban J connectivity index is 0.00000278. The summed E-state index contributed by atoms with van der Waals surface area (Å²) in [5.41, 5.74) is 8.01. The van der Waals surface area contributed by atoms with Gasteiger partial charge >= 0.3 is 0 Å². The molecule has 47 heavy (non-hydrogen) atoms. The molecule has 1 amide bonds. The lowest BCUT2D eigenvalue weighted by Gasteiger charge is -2.34. The quantitative estimate of drug-likeness (QED) is 0.191. The molecule has 1 fully saturated rings. The number of amides is 1. The van der Waals surface area contributed by atoms with Crippen molar-refractivity contribution in [3.63, 3.8) is 0 Å². The molecule has 1 aliphatic rings. The van der Waals surface area contributed by atoms with E-state index in [1.165, 1.54) is 18.2 Å². The number of carbonyl (C=O) groups is 1. The minimum Gasteiger partial charge on any atom is -0.493 e. The van der Waals surface area contributed by atoms with E-state index in [0.29, 0.717) is 54.3 Å². The van der Waals surface area contributed by atoms with Crippen LogP contribution < -0.4 is 24.8 Å². The number of nitrogens with two attached hydrogens (primary N) is 1. The van der Waals surface area contributed by atoms with Gasteiger partial charge in [-0.15, -0.1) is 0 Å². The highest BCUT2D eigenvalue weighted by molar-refractivity contribution is 7.83. The second-order valence-corrected chi connectivity index (χ2v) is 13.8. The maximum atomic E-state index is 14.7. The van der Waals surface area contributed by atoms with E-state index in [1.807, 2.05) is 44.2 Å². The standard InChI is InChI=1S/C35H40FN5O4S.H2O.2H2/c1-22(2)20-44-27-16-25(15-26(36)17-27)29-12-11-28(33(38-29)41-19-23(3)18-35(41,4)5)34(42)40-46(43)31-14-13-30(32(37)39-31)45-21-24-9-7-6-8-10-24;;;/h6-17,22-23H,18-21H2,1-5H3,(H2,37,39)(H,40,42);1H2;2*1H/t23-,46?;;;/m0.../s1. The van der Waals surface area contributed by atoms with Crippen LogP contribution in [0, 0.1) is 17.7 Å². The summed E-state index contributed by atoms with van der Waals surface area (Å²) in [6, 6.07) is 20.5. The van der Waals surface area contributed by atoms with Gasteiger partial charge in [-0.2, -0.15) is 0 Å². The molecule has 254 valence electrons. The Kier molecular flexibility index (Phi) is 11.2. The molecule has 0 radical (unpaired) electrons. The van der Waals surface area contributed by atoms with E-state index in [1.54, 1.807) is 24.3 Å². The van der Waals surface area contributed by atoms with Crippen molar-refractivity contribution >= 4 is 28.5 Å². The van der Waals surface area contributed by atoms with E-state index in [4.69, 9.17) is 20.2 Å². The van der Waals surface area contributed by atoms with Crippen molar-refractivity contribution < 1.29 is 31.2 Å². The number of halogens is 1. The van der Waals surface area contributed by atoms with Gasteiger partial charge in [0.2, 0.25) is 0 Å². The average molecular weight is 668 g/mol. The SMILES string of the molecule is CC(C)COc1cc(F)cc(-c2ccc(C(=O)NS(=O)c3ccc(OCc4ccccc4)c(N)n3)c(N3C[C@@H](C)CC3(C)C)n2)c1.O.[HH].[HH]. The summed E-state index contributed by atoms with van der Waals surface area (Å²) in [4.78, 5) is 24.9. The van der Waals surface area contributed by atoms with Crippen LogP contribution in [0.4, 0.5) is 16.0 Å². The van der Waals surface area contributed by atoms with Gasteiger partial charge in [-0.25, -0.2) is 18.6 Å². The smallest absolute Gasteiger partial charge is 0.267 e. The third-order valence-corrected chi connectivity index (χ3v) is 8.65. The first-order chi connectivity index (χ1) is 21.9. The van der Waals surface area contributed by atoms with Crippen molar-refractivity contribution in [3.8, 4) is 22.8 Å². The van der Waals surface area contributed by atoms with Gasteiger partial charge in [0.15, 0.2) is 27.6 Å². The van der Waals surface area contributed by atoms with Crippen LogP contribution in [0.25, 0.3) is 11.3 Å². The molecule has 5 rings (SSSR count). The Morgan fingerprint density at radius 1 is 1.11 bits per heavy atom. The molecule has 2 aromatic heterocycles. The first-order valence-corrected chi connectivity index (χ1v) is 16.4. The summed E-state index contributed by atoms with van der Waals surface area (Å²) in [6.45, 7) is 11.8. The van der Waals surface area contributed by atoms with Crippen LogP contribution in [0.3, 0.4) is 0 Å². The van der Waals surface area contributed by atoms with E-state index >= 15 is 0 Å². The van der Waals surface area contributed by atoms with Crippen molar-refractivity contribution in [1.29, 1.82) is 0 Å². The van der Waals surface area contributed by atoms with Crippen molar-refractivity contribution in [2.75, 3.05) is 23.8 Å². The number of anilines is 2. The van der Waals surface area contributed by atoms with Crippen molar-refractivity contribution in [3.05, 3.63) is 89.7 Å². The molecule has 3 heterocycles. The average Bonchev–Trinajstić information content (AvgIpc) is 3.30. The van der Waals surface area contributed by atoms with Crippen LogP contribution in [-0.2, 0) is 17.6 Å². The molecular weight excluding hydrogens is 621 g/mol. The molecule has 1 aliphatic heterocycles. The summed E-state index contributed by atoms with van der Waals surface area (Å²) in [7, 11) is -2.02. The van der Waals surface area contributed by atoms with Gasteiger partial charge < -0.3 is 25.6 Å². The number of aromatic nitrogens is 2. The van der Waals surface area contributed by atoms with E-state index in [2.05, 4.69) is 35.4 Å². The van der Waals surface area contributed by atoms with Crippen LogP contribution in [0.2, 0.25) is 0 Å². The molecular formula is C35H46FN5O5S. The lowest BCUT2D eigenvalue weighted by molar-refractivity contribution is 0.0983. The van der Waals surface area contributed by atoms with Crippen LogP contribution in [-0.4, -0.2) is 44.3 Å². The predicted molar refractivity (Wildman–Crippen MR) is 186 cm³/mol. The Morgan fingerprint density at radius 3 is 2.51 bits per heavy atom. The van der Waals surface area contributed by atoms with Crippen molar-refractivity contribution in [2.45, 2.75) is 58.2 Å². The number of rotatable bonds is 11. The number of hydrogen-bond acceptors (Lipinski definition) is 8. The maximum Gasteiger partial charge on any atom is 0.267 e. The highest BCUT2D eigenvalue weighted by Crippen LogP contribution is 2.38. The maximum absolute atomic E-state index is 14.7. The van der Waals surface area contributed by atoms with Gasteiger partial charge in [-0.3, -0.25) is 9.52 Å². The van der Waals surface area contributed by atoms with E-state index in [-0.39, 0.29) is 36.2 Å². The number of nitrogen functional groups attached to an aromatic ring is 1. The summed E-state index contributed by atoms with van der Waals surface area (Å²) in [6.07, 6.45) is 0.890. The van der Waals surface area contributed by atoms with Crippen molar-refractivity contribution in [1.82, 2.24) is 14.7 Å². The summed E-state index contributed by atoms with van der Waals surface area (Å²) < 4.78 is 42.1. The Hall–Kier alpha value is -4.55. The molecule has 10 nitrogen and oxygen atoms in total. The molecule has 0 spiro atoms. The molecule has 0 aliphatic carbocycles. The topological polar surface area (TPSA) is 151 Å². The molecule has 2 atom stereocenters. The number of nitrogens with one attached hydrogen (secondary N) is 1. The fraction of sp³-hybridized carbons (Fsp3) is 0.343. The van der Waals surface area contributed by atoms with Gasteiger partial charge in [0.05, 0.1) is 17.9 Å². The lowest BCUT2D eigenvalue weighted by Crippen LogP contribution is -2.40. The number of nitrogens with zero attached hydrogens (tertiary/aromatic N) is 3. The largest absolute Gasteiger partial charge is 0.493 e. The minimum atomic E-state index is -2.02. The molecule has 1 unspecified atom stereocenters. The van der Waals surface area contributed by atoms with Gasteiger partial charge in [0.1, 0.15) is 24.0 Å². The molecule has 0 saturated carbocycles. The zero-order valence-corrected chi connectivity index (χ0v) is 28.1. The molecule has 2 aromatic carbocycles. The predicted octanol–water partition coefficient (Wildman–Crippen LogP) is 6.22. The summed E-state index contributed by atoms with van der Waals surface area (Å²) in [5.74, 6) is 0.820. The monoisotopic (exact) mass is 667 g/mol. The summed E-state index contributed by atoms with van der Waals surface area (Å²) >= 11 is 0. The van der Waals surface area contributed by atoms with Crippen LogP contribution >= 0.6 is 0 Å². The molecule has 0 bridgehead atoms. The van der Waals surface area contributed by atoms with Crippen LogP contribution in [0.15, 0.2) is 77.8 Å². The van der Waals surface area contributed by atoms with Gasteiger partial charge in [-0.05, 0) is 74.1 Å². The fourth-order valence-electron chi connectivity index (χ4n) is 5.60. The third kappa shape index (κ3) is 8.63. The Labute approximate surface area is 280 Å². The van der Waals surface area contributed by atoms with E-state index in [0.717, 1.165) is 12.0 Å². The fourth-order valence-corrected chi connectivity index (χ4v) is 6.36. The number of ether oxygens (including phenoxy) is 2. The van der Waals surface area contributed by atoms with E-state index < -0.39 is 22.7 Å². The second-order valence-electron chi connectivity index (χ2n) is 12.7. The van der Waals surface area contributed by atoms with E-state index in [9.17, 15) is 13.4 Å². The first-order valence-electron chi connectivity index (χ1n) is 15.3. The molecule has 1 saturated heterocycles. The Morgan fingerprint density at radius 2 is 1.85 bits per heavy atom. The highest BCUT2D eigenvalue weighted by atomic mass is 32.2. The lowest BCUT2D eigenvalue weighted by atomic mass is 9.97. The minimum absolute atomic E-state index is 0.